The SMILES string of the molecule is Cc1noc(C)c1C(=O)N1CCC(c2ccccc2Cl)S(=O)(=O)CC1. The van der Waals surface area contributed by atoms with Gasteiger partial charge in [-0.3, -0.25) is 4.79 Å². The number of sulfone groups is 1. The van der Waals surface area contributed by atoms with Crippen LogP contribution in [0.2, 0.25) is 5.02 Å². The summed E-state index contributed by atoms with van der Waals surface area (Å²) in [4.78, 5) is 14.3. The highest BCUT2D eigenvalue weighted by molar-refractivity contribution is 7.91. The normalized spacial score (nSPS) is 20.3. The van der Waals surface area contributed by atoms with Crippen molar-refractivity contribution >= 4 is 27.3 Å². The van der Waals surface area contributed by atoms with Gasteiger partial charge in [-0.05, 0) is 31.9 Å². The molecule has 1 amide bonds. The minimum absolute atomic E-state index is 0.0992. The molecule has 3 rings (SSSR count). The summed E-state index contributed by atoms with van der Waals surface area (Å²) in [7, 11) is -3.41. The van der Waals surface area contributed by atoms with Crippen molar-refractivity contribution in [1.82, 2.24) is 10.1 Å². The molecule has 1 fully saturated rings. The van der Waals surface area contributed by atoms with E-state index in [2.05, 4.69) is 5.16 Å². The van der Waals surface area contributed by atoms with Gasteiger partial charge in [0.2, 0.25) is 0 Å². The van der Waals surface area contributed by atoms with E-state index in [1.54, 1.807) is 43.0 Å². The first kappa shape index (κ1) is 17.9. The first-order chi connectivity index (χ1) is 11.8. The van der Waals surface area contributed by atoms with E-state index in [9.17, 15) is 13.2 Å². The second kappa shape index (κ2) is 6.80. The number of aromatic nitrogens is 1. The zero-order chi connectivity index (χ0) is 18.2. The molecule has 6 nitrogen and oxygen atoms in total. The summed E-state index contributed by atoms with van der Waals surface area (Å²) in [6.45, 7) is 3.85. The smallest absolute Gasteiger partial charge is 0.259 e. The van der Waals surface area contributed by atoms with E-state index >= 15 is 0 Å². The molecule has 1 aliphatic heterocycles. The van der Waals surface area contributed by atoms with Crippen LogP contribution in [0, 0.1) is 13.8 Å². The van der Waals surface area contributed by atoms with Crippen molar-refractivity contribution in [1.29, 1.82) is 0 Å². The summed E-state index contributed by atoms with van der Waals surface area (Å²) in [5, 5.41) is 3.53. The number of rotatable bonds is 2. The van der Waals surface area contributed by atoms with Crippen LogP contribution in [0.25, 0.3) is 0 Å². The Hall–Kier alpha value is -1.86. The molecule has 0 aliphatic carbocycles. The fourth-order valence-corrected chi connectivity index (χ4v) is 5.33. The third-order valence-corrected chi connectivity index (χ3v) is 6.98. The maximum Gasteiger partial charge on any atom is 0.259 e. The number of carbonyl (C=O) groups excluding carboxylic acids is 1. The van der Waals surface area contributed by atoms with Crippen molar-refractivity contribution in [3.8, 4) is 0 Å². The van der Waals surface area contributed by atoms with Crippen LogP contribution in [-0.4, -0.2) is 43.2 Å². The molecule has 8 heteroatoms. The van der Waals surface area contributed by atoms with Gasteiger partial charge in [0.05, 0.1) is 16.7 Å². The summed E-state index contributed by atoms with van der Waals surface area (Å²) in [5.74, 6) is 0.0985. The van der Waals surface area contributed by atoms with Crippen LogP contribution in [-0.2, 0) is 9.84 Å². The lowest BCUT2D eigenvalue weighted by molar-refractivity contribution is 0.0764. The quantitative estimate of drug-likeness (QED) is 0.797. The average Bonchev–Trinajstić information content (AvgIpc) is 2.80. The number of nitrogens with zero attached hydrogens (tertiary/aromatic N) is 2. The van der Waals surface area contributed by atoms with Gasteiger partial charge in [0.1, 0.15) is 11.3 Å². The molecule has 0 N–H and O–H groups in total. The van der Waals surface area contributed by atoms with Crippen molar-refractivity contribution in [3.63, 3.8) is 0 Å². The predicted molar refractivity (Wildman–Crippen MR) is 94.5 cm³/mol. The Morgan fingerprint density at radius 1 is 1.28 bits per heavy atom. The molecule has 0 spiro atoms. The van der Waals surface area contributed by atoms with Gasteiger partial charge in [-0.2, -0.15) is 0 Å². The fourth-order valence-electron chi connectivity index (χ4n) is 3.18. The molecule has 2 aromatic rings. The van der Waals surface area contributed by atoms with Crippen molar-refractivity contribution in [2.75, 3.05) is 18.8 Å². The topological polar surface area (TPSA) is 80.5 Å². The van der Waals surface area contributed by atoms with E-state index in [1.165, 1.54) is 0 Å². The van der Waals surface area contributed by atoms with E-state index in [0.717, 1.165) is 0 Å². The highest BCUT2D eigenvalue weighted by atomic mass is 35.5. The van der Waals surface area contributed by atoms with Crippen LogP contribution in [0.3, 0.4) is 0 Å². The summed E-state index contributed by atoms with van der Waals surface area (Å²) in [6.07, 6.45) is 0.307. The van der Waals surface area contributed by atoms with Crippen molar-refractivity contribution in [2.45, 2.75) is 25.5 Å². The lowest BCUT2D eigenvalue weighted by atomic mass is 10.1. The Bertz CT molecular complexity index is 888. The molecule has 1 saturated heterocycles. The van der Waals surface area contributed by atoms with Crippen LogP contribution >= 0.6 is 11.6 Å². The minimum Gasteiger partial charge on any atom is -0.361 e. The maximum absolute atomic E-state index is 12.8. The number of benzene rings is 1. The molecule has 1 aromatic heterocycles. The van der Waals surface area contributed by atoms with Gasteiger partial charge in [0.15, 0.2) is 9.84 Å². The molecule has 2 heterocycles. The third kappa shape index (κ3) is 3.43. The standard InChI is InChI=1S/C17H19ClN2O4S/c1-11-16(12(2)24-19-11)17(21)20-8-7-15(25(22,23)10-9-20)13-5-3-4-6-14(13)18/h3-6,15H,7-10H2,1-2H3. The first-order valence-corrected chi connectivity index (χ1v) is 10.1. The van der Waals surface area contributed by atoms with Gasteiger partial charge in [-0.15, -0.1) is 0 Å². The van der Waals surface area contributed by atoms with Crippen LogP contribution in [0.4, 0.5) is 0 Å². The average molecular weight is 383 g/mol. The van der Waals surface area contributed by atoms with E-state index in [0.29, 0.717) is 40.6 Å². The largest absolute Gasteiger partial charge is 0.361 e. The third-order valence-electron chi connectivity index (χ3n) is 4.53. The predicted octanol–water partition coefficient (Wildman–Crippen LogP) is 2.95. The van der Waals surface area contributed by atoms with Gasteiger partial charge < -0.3 is 9.42 Å². The van der Waals surface area contributed by atoms with Gasteiger partial charge in [-0.25, -0.2) is 8.42 Å². The van der Waals surface area contributed by atoms with Crippen molar-refractivity contribution < 1.29 is 17.7 Å². The molecule has 0 radical (unpaired) electrons. The summed E-state index contributed by atoms with van der Waals surface area (Å²) in [6, 6.07) is 6.96. The number of aryl methyl sites for hydroxylation is 2. The molecule has 0 bridgehead atoms. The first-order valence-electron chi connectivity index (χ1n) is 7.99. The van der Waals surface area contributed by atoms with E-state index in [-0.39, 0.29) is 18.2 Å². The monoisotopic (exact) mass is 382 g/mol. The zero-order valence-corrected chi connectivity index (χ0v) is 15.6. The molecular weight excluding hydrogens is 364 g/mol. The zero-order valence-electron chi connectivity index (χ0n) is 14.0. The lowest BCUT2D eigenvalue weighted by Crippen LogP contribution is -2.34. The second-order valence-electron chi connectivity index (χ2n) is 6.16. The molecule has 134 valence electrons. The highest BCUT2D eigenvalue weighted by Gasteiger charge is 2.35. The molecule has 1 aliphatic rings. The summed E-state index contributed by atoms with van der Waals surface area (Å²) >= 11 is 6.19. The van der Waals surface area contributed by atoms with E-state index in [1.807, 2.05) is 0 Å². The molecular formula is C17H19ClN2O4S. The van der Waals surface area contributed by atoms with Gasteiger partial charge in [0, 0.05) is 18.1 Å². The number of amides is 1. The van der Waals surface area contributed by atoms with Crippen molar-refractivity contribution in [3.05, 3.63) is 51.9 Å². The molecule has 1 unspecified atom stereocenters. The number of carbonyl (C=O) groups is 1. The van der Waals surface area contributed by atoms with Crippen LogP contribution < -0.4 is 0 Å². The van der Waals surface area contributed by atoms with Gasteiger partial charge in [-0.1, -0.05) is 35.0 Å². The van der Waals surface area contributed by atoms with Crippen LogP contribution in [0.15, 0.2) is 28.8 Å². The summed E-state index contributed by atoms with van der Waals surface area (Å²) in [5.41, 5.74) is 1.52. The number of hydrogen-bond acceptors (Lipinski definition) is 5. The van der Waals surface area contributed by atoms with Crippen LogP contribution in [0.5, 0.6) is 0 Å². The van der Waals surface area contributed by atoms with Gasteiger partial charge in [0.25, 0.3) is 5.91 Å². The highest BCUT2D eigenvalue weighted by Crippen LogP contribution is 2.34. The Morgan fingerprint density at radius 2 is 2.00 bits per heavy atom. The number of halogens is 1. The molecule has 25 heavy (non-hydrogen) atoms. The summed E-state index contributed by atoms with van der Waals surface area (Å²) < 4.78 is 30.5. The Balaban J connectivity index is 1.88. The van der Waals surface area contributed by atoms with Crippen LogP contribution in [0.1, 0.15) is 39.0 Å². The number of hydrogen-bond donors (Lipinski definition) is 0. The second-order valence-corrected chi connectivity index (χ2v) is 8.87. The molecule has 0 saturated carbocycles. The maximum atomic E-state index is 12.8. The Kier molecular flexibility index (Phi) is 4.88. The van der Waals surface area contributed by atoms with E-state index < -0.39 is 15.1 Å². The molecule has 1 aromatic carbocycles. The molecule has 1 atom stereocenters. The van der Waals surface area contributed by atoms with Gasteiger partial charge >= 0.3 is 0 Å². The van der Waals surface area contributed by atoms with Crippen molar-refractivity contribution in [2.24, 2.45) is 0 Å². The van der Waals surface area contributed by atoms with E-state index in [4.69, 9.17) is 16.1 Å². The fraction of sp³-hybridized carbons (Fsp3) is 0.412. The Labute approximate surface area is 151 Å². The lowest BCUT2D eigenvalue weighted by Gasteiger charge is -2.20. The minimum atomic E-state index is -3.41. The Morgan fingerprint density at radius 3 is 2.64 bits per heavy atom.